The van der Waals surface area contributed by atoms with Crippen LogP contribution in [0.4, 0.5) is 23.2 Å². The Morgan fingerprint density at radius 1 is 1.12 bits per heavy atom. The lowest BCUT2D eigenvalue weighted by molar-refractivity contribution is -0.137. The Bertz CT molecular complexity index is 1090. The number of hydrogen-bond donors (Lipinski definition) is 1. The highest BCUT2D eigenvalue weighted by Gasteiger charge is 2.32. The second-order valence-corrected chi connectivity index (χ2v) is 10.4. The number of nitrogens with one attached hydrogen (secondary N) is 1. The second kappa shape index (κ2) is 10.3. The lowest BCUT2D eigenvalue weighted by atomic mass is 10.1. The topological polar surface area (TPSA) is 69.7 Å². The normalized spacial score (nSPS) is 16.9. The summed E-state index contributed by atoms with van der Waals surface area (Å²) in [5, 5.41) is 2.76. The molecule has 2 aromatic carbocycles. The van der Waals surface area contributed by atoms with Gasteiger partial charge in [-0.1, -0.05) is 0 Å². The van der Waals surface area contributed by atoms with Crippen LogP contribution >= 0.6 is 0 Å². The predicted octanol–water partition coefficient (Wildman–Crippen LogP) is 3.89. The van der Waals surface area contributed by atoms with Crippen molar-refractivity contribution in [3.8, 4) is 0 Å². The Labute approximate surface area is 196 Å². The molecule has 1 atom stereocenters. The van der Waals surface area contributed by atoms with Gasteiger partial charge in [0.05, 0.1) is 17.0 Å². The van der Waals surface area contributed by atoms with E-state index < -0.39 is 39.5 Å². The molecule has 0 spiro atoms. The van der Waals surface area contributed by atoms with Crippen LogP contribution in [0.15, 0.2) is 53.4 Å². The molecule has 1 heterocycles. The summed E-state index contributed by atoms with van der Waals surface area (Å²) < 4.78 is 78.3. The average molecular weight is 502 g/mol. The molecule has 0 saturated carbocycles. The summed E-state index contributed by atoms with van der Waals surface area (Å²) in [6.45, 7) is 4.43. The van der Waals surface area contributed by atoms with Gasteiger partial charge in [0.15, 0.2) is 0 Å². The van der Waals surface area contributed by atoms with E-state index in [9.17, 15) is 30.8 Å². The number of sulfonamides is 1. The van der Waals surface area contributed by atoms with Gasteiger partial charge in [-0.2, -0.15) is 17.5 Å². The Kier molecular flexibility index (Phi) is 7.87. The smallest absolute Gasteiger partial charge is 0.371 e. The van der Waals surface area contributed by atoms with Gasteiger partial charge >= 0.3 is 6.18 Å². The first-order valence-corrected chi connectivity index (χ1v) is 12.3. The zero-order valence-corrected chi connectivity index (χ0v) is 19.7. The van der Waals surface area contributed by atoms with Crippen LogP contribution < -0.4 is 10.2 Å². The quantitative estimate of drug-likeness (QED) is 0.558. The van der Waals surface area contributed by atoms with Crippen LogP contribution in [0.2, 0.25) is 0 Å². The van der Waals surface area contributed by atoms with Crippen LogP contribution in [0, 0.1) is 11.7 Å². The number of carbonyl (C=O) groups excluding carboxylic acids is 1. The van der Waals surface area contributed by atoms with Gasteiger partial charge in [0.1, 0.15) is 5.82 Å². The zero-order chi connectivity index (χ0) is 25.1. The molecule has 0 bridgehead atoms. The molecule has 1 aliphatic heterocycles. The van der Waals surface area contributed by atoms with Gasteiger partial charge in [0, 0.05) is 31.4 Å². The molecule has 11 heteroatoms. The molecule has 186 valence electrons. The summed E-state index contributed by atoms with van der Waals surface area (Å²) in [5.41, 5.74) is -0.0252. The van der Waals surface area contributed by atoms with Crippen molar-refractivity contribution in [2.75, 3.05) is 31.1 Å². The number of halogens is 4. The fraction of sp³-hybridized carbons (Fsp3) is 0.435. The van der Waals surface area contributed by atoms with Crippen LogP contribution in [-0.2, 0) is 21.0 Å². The maximum absolute atomic E-state index is 13.2. The summed E-state index contributed by atoms with van der Waals surface area (Å²) in [4.78, 5) is 14.4. The number of alkyl halides is 3. The third kappa shape index (κ3) is 6.26. The number of carbonyl (C=O) groups is 1. The summed E-state index contributed by atoms with van der Waals surface area (Å²) in [5.74, 6) is -0.950. The summed E-state index contributed by atoms with van der Waals surface area (Å²) in [6, 6.07) is 8.89. The van der Waals surface area contributed by atoms with Crippen molar-refractivity contribution in [1.82, 2.24) is 9.62 Å². The van der Waals surface area contributed by atoms with Crippen molar-refractivity contribution < 1.29 is 30.8 Å². The molecule has 1 amide bonds. The first-order valence-electron chi connectivity index (χ1n) is 10.8. The van der Waals surface area contributed by atoms with Gasteiger partial charge in [-0.05, 0) is 74.7 Å². The maximum atomic E-state index is 13.2. The van der Waals surface area contributed by atoms with Gasteiger partial charge in [-0.15, -0.1) is 0 Å². The SMILES string of the molecule is CC(C)N(CC(=O)NCC1CCN(c2ccc(C(F)(F)F)cc2)C1)S(=O)(=O)c1ccc(F)cc1. The molecule has 1 fully saturated rings. The lowest BCUT2D eigenvalue weighted by Gasteiger charge is -2.25. The van der Waals surface area contributed by atoms with Gasteiger partial charge < -0.3 is 10.2 Å². The van der Waals surface area contributed by atoms with Crippen molar-refractivity contribution >= 4 is 21.6 Å². The van der Waals surface area contributed by atoms with Gasteiger partial charge in [0.25, 0.3) is 0 Å². The van der Waals surface area contributed by atoms with Crippen LogP contribution in [0.5, 0.6) is 0 Å². The molecule has 3 rings (SSSR count). The standard InChI is InChI=1S/C23H27F4N3O3S/c1-16(2)30(34(32,33)21-9-5-19(24)6-10-21)15-22(31)28-13-17-11-12-29(14-17)20-7-3-18(4-8-20)23(25,26)27/h3-10,16-17H,11-15H2,1-2H3,(H,28,31). The molecule has 0 radical (unpaired) electrons. The van der Waals surface area contributed by atoms with Gasteiger partial charge in [0.2, 0.25) is 15.9 Å². The minimum Gasteiger partial charge on any atom is -0.371 e. The number of anilines is 1. The summed E-state index contributed by atoms with van der Waals surface area (Å²) in [7, 11) is -3.99. The van der Waals surface area contributed by atoms with Crippen LogP contribution in [0.1, 0.15) is 25.8 Å². The monoisotopic (exact) mass is 501 g/mol. The van der Waals surface area contributed by atoms with Crippen LogP contribution in [-0.4, -0.2) is 50.9 Å². The van der Waals surface area contributed by atoms with Gasteiger partial charge in [-0.3, -0.25) is 4.79 Å². The first kappa shape index (κ1) is 26.0. The highest BCUT2D eigenvalue weighted by molar-refractivity contribution is 7.89. The predicted molar refractivity (Wildman–Crippen MR) is 120 cm³/mol. The highest BCUT2D eigenvalue weighted by Crippen LogP contribution is 2.31. The molecule has 1 unspecified atom stereocenters. The minimum absolute atomic E-state index is 0.0763. The second-order valence-electron chi connectivity index (χ2n) is 8.55. The Hall–Kier alpha value is -2.66. The van der Waals surface area contributed by atoms with E-state index in [4.69, 9.17) is 0 Å². The molecule has 1 N–H and O–H groups in total. The van der Waals surface area contributed by atoms with Gasteiger partial charge in [-0.25, -0.2) is 12.8 Å². The average Bonchev–Trinajstić information content (AvgIpc) is 3.24. The van der Waals surface area contributed by atoms with E-state index in [0.717, 1.165) is 47.1 Å². The molecule has 34 heavy (non-hydrogen) atoms. The maximum Gasteiger partial charge on any atom is 0.416 e. The third-order valence-corrected chi connectivity index (χ3v) is 7.77. The van der Waals surface area contributed by atoms with E-state index in [1.165, 1.54) is 12.1 Å². The number of hydrogen-bond acceptors (Lipinski definition) is 4. The van der Waals surface area contributed by atoms with Crippen molar-refractivity contribution in [3.05, 3.63) is 59.9 Å². The fourth-order valence-electron chi connectivity index (χ4n) is 3.84. The van der Waals surface area contributed by atoms with E-state index in [2.05, 4.69) is 5.32 Å². The van der Waals surface area contributed by atoms with Crippen molar-refractivity contribution in [2.45, 2.75) is 37.4 Å². The van der Waals surface area contributed by atoms with E-state index >= 15 is 0 Å². The Balaban J connectivity index is 1.55. The van der Waals surface area contributed by atoms with Crippen molar-refractivity contribution in [2.24, 2.45) is 5.92 Å². The molecular weight excluding hydrogens is 474 g/mol. The number of amides is 1. The van der Waals surface area contributed by atoms with E-state index in [1.54, 1.807) is 13.8 Å². The molecule has 0 aliphatic carbocycles. The molecule has 1 saturated heterocycles. The van der Waals surface area contributed by atoms with Crippen molar-refractivity contribution in [1.29, 1.82) is 0 Å². The number of benzene rings is 2. The van der Waals surface area contributed by atoms with Crippen LogP contribution in [0.25, 0.3) is 0 Å². The first-order chi connectivity index (χ1) is 15.9. The summed E-state index contributed by atoms with van der Waals surface area (Å²) in [6.07, 6.45) is -3.65. The van der Waals surface area contributed by atoms with E-state index in [1.807, 2.05) is 4.90 Å². The molecule has 0 aromatic heterocycles. The van der Waals surface area contributed by atoms with Crippen LogP contribution in [0.3, 0.4) is 0 Å². The van der Waals surface area contributed by atoms with E-state index in [-0.39, 0.29) is 17.4 Å². The zero-order valence-electron chi connectivity index (χ0n) is 18.8. The molecular formula is C23H27F4N3O3S. The Morgan fingerprint density at radius 3 is 2.29 bits per heavy atom. The number of rotatable bonds is 8. The molecule has 6 nitrogen and oxygen atoms in total. The third-order valence-electron chi connectivity index (χ3n) is 5.73. The highest BCUT2D eigenvalue weighted by atomic mass is 32.2. The lowest BCUT2D eigenvalue weighted by Crippen LogP contribution is -2.45. The minimum atomic E-state index is -4.38. The van der Waals surface area contributed by atoms with E-state index in [0.29, 0.717) is 25.3 Å². The number of nitrogens with zero attached hydrogens (tertiary/aromatic N) is 2. The molecule has 2 aromatic rings. The largest absolute Gasteiger partial charge is 0.416 e. The van der Waals surface area contributed by atoms with Crippen molar-refractivity contribution in [3.63, 3.8) is 0 Å². The molecule has 1 aliphatic rings. The summed E-state index contributed by atoms with van der Waals surface area (Å²) >= 11 is 0. The Morgan fingerprint density at radius 2 is 1.74 bits per heavy atom. The fourth-order valence-corrected chi connectivity index (χ4v) is 5.43.